The fourth-order valence-corrected chi connectivity index (χ4v) is 4.89. The number of rotatable bonds is 8. The third-order valence-corrected chi connectivity index (χ3v) is 11.1. The zero-order chi connectivity index (χ0) is 24.3. The minimum atomic E-state index is -1.90. The summed E-state index contributed by atoms with van der Waals surface area (Å²) in [7, 11) is -0.613. The van der Waals surface area contributed by atoms with Crippen molar-refractivity contribution in [2.45, 2.75) is 96.7 Å². The van der Waals surface area contributed by atoms with E-state index in [1.54, 1.807) is 26.8 Å². The van der Waals surface area contributed by atoms with E-state index in [0.29, 0.717) is 25.9 Å². The van der Waals surface area contributed by atoms with Gasteiger partial charge in [0, 0.05) is 12.0 Å². The number of hydrogen-bond acceptors (Lipinski definition) is 6. The molecule has 0 aromatic carbocycles. The van der Waals surface area contributed by atoms with Crippen LogP contribution in [0.4, 0.5) is 4.79 Å². The van der Waals surface area contributed by atoms with Crippen LogP contribution in [-0.4, -0.2) is 68.4 Å². The summed E-state index contributed by atoms with van der Waals surface area (Å²) >= 11 is 0. The predicted octanol–water partition coefficient (Wildman–Crippen LogP) is 4.50. The fraction of sp³-hybridized carbons (Fsp3) is 0.826. The summed E-state index contributed by atoms with van der Waals surface area (Å²) in [4.78, 5) is 27.0. The molecule has 7 nitrogen and oxygen atoms in total. The fourth-order valence-electron chi connectivity index (χ4n) is 3.81. The van der Waals surface area contributed by atoms with Gasteiger partial charge in [-0.2, -0.15) is 0 Å². The number of aliphatic hydroxyl groups excluding tert-OH is 1. The van der Waals surface area contributed by atoms with Crippen molar-refractivity contribution < 1.29 is 28.6 Å². The lowest BCUT2D eigenvalue weighted by atomic mass is 9.72. The molecule has 180 valence electrons. The van der Waals surface area contributed by atoms with E-state index in [2.05, 4.69) is 40.4 Å². The van der Waals surface area contributed by atoms with Crippen molar-refractivity contribution in [3.8, 4) is 0 Å². The van der Waals surface area contributed by atoms with Gasteiger partial charge in [0.2, 0.25) is 0 Å². The molecule has 1 heterocycles. The van der Waals surface area contributed by atoms with Crippen LogP contribution in [0.3, 0.4) is 0 Å². The van der Waals surface area contributed by atoms with Crippen LogP contribution in [0.2, 0.25) is 18.1 Å². The molecular weight excluding hydrogens is 414 g/mol. The largest absolute Gasteiger partial charge is 0.467 e. The number of carbonyl (C=O) groups is 2. The van der Waals surface area contributed by atoms with E-state index in [1.165, 1.54) is 12.0 Å². The van der Waals surface area contributed by atoms with Gasteiger partial charge in [-0.1, -0.05) is 26.8 Å². The number of amides is 1. The number of β-amino-alcohol motifs (C(OH)–C–C–N with tert-alkyl or cyclic N) is 1. The van der Waals surface area contributed by atoms with Gasteiger partial charge < -0.3 is 19.0 Å². The van der Waals surface area contributed by atoms with Gasteiger partial charge in [0.05, 0.1) is 19.8 Å². The van der Waals surface area contributed by atoms with Gasteiger partial charge in [-0.15, -0.1) is 6.58 Å². The molecule has 0 aromatic rings. The number of hydrogen-bond donors (Lipinski definition) is 1. The van der Waals surface area contributed by atoms with Crippen LogP contribution in [0.15, 0.2) is 12.7 Å². The maximum atomic E-state index is 12.8. The quantitative estimate of drug-likeness (QED) is 0.250. The van der Waals surface area contributed by atoms with Crippen molar-refractivity contribution in [1.82, 2.24) is 4.90 Å². The predicted molar refractivity (Wildman–Crippen MR) is 124 cm³/mol. The second kappa shape index (κ2) is 10.0. The van der Waals surface area contributed by atoms with Gasteiger partial charge >= 0.3 is 12.1 Å². The van der Waals surface area contributed by atoms with Crippen molar-refractivity contribution in [1.29, 1.82) is 0 Å². The van der Waals surface area contributed by atoms with Crippen molar-refractivity contribution in [2.75, 3.05) is 20.3 Å². The Kier molecular flexibility index (Phi) is 8.96. The molecular formula is C23H43NO6Si. The van der Waals surface area contributed by atoms with E-state index < -0.39 is 43.5 Å². The molecule has 3 atom stereocenters. The first-order chi connectivity index (χ1) is 14.0. The molecule has 0 saturated carbocycles. The number of aliphatic hydroxyl groups is 1. The topological polar surface area (TPSA) is 85.3 Å². The van der Waals surface area contributed by atoms with Gasteiger partial charge in [0.1, 0.15) is 11.6 Å². The molecule has 1 aliphatic heterocycles. The van der Waals surface area contributed by atoms with E-state index >= 15 is 0 Å². The van der Waals surface area contributed by atoms with Crippen LogP contribution < -0.4 is 0 Å². The third kappa shape index (κ3) is 6.55. The first-order valence-corrected chi connectivity index (χ1v) is 13.9. The average molecular weight is 458 g/mol. The molecule has 0 bridgehead atoms. The normalized spacial score (nSPS) is 24.8. The van der Waals surface area contributed by atoms with Gasteiger partial charge in [0.15, 0.2) is 8.32 Å². The molecule has 0 spiro atoms. The number of likely N-dealkylation sites (tertiary alicyclic amines) is 1. The number of allylic oxidation sites excluding steroid dienone is 1. The Bertz CT molecular complexity index is 651. The molecule has 1 aliphatic rings. The Morgan fingerprint density at radius 1 is 1.23 bits per heavy atom. The second-order valence-electron chi connectivity index (χ2n) is 11.0. The molecule has 0 aliphatic carbocycles. The van der Waals surface area contributed by atoms with Crippen molar-refractivity contribution >= 4 is 20.4 Å². The highest BCUT2D eigenvalue weighted by Crippen LogP contribution is 2.46. The van der Waals surface area contributed by atoms with Gasteiger partial charge in [-0.25, -0.2) is 9.59 Å². The van der Waals surface area contributed by atoms with E-state index in [-0.39, 0.29) is 11.6 Å². The summed E-state index contributed by atoms with van der Waals surface area (Å²) < 4.78 is 16.8. The van der Waals surface area contributed by atoms with Crippen LogP contribution in [0.25, 0.3) is 0 Å². The van der Waals surface area contributed by atoms with Crippen molar-refractivity contribution in [3.05, 3.63) is 12.7 Å². The van der Waals surface area contributed by atoms with Gasteiger partial charge in [-0.05, 0) is 58.2 Å². The Labute approximate surface area is 189 Å². The molecule has 0 unspecified atom stereocenters. The van der Waals surface area contributed by atoms with Crippen molar-refractivity contribution in [3.63, 3.8) is 0 Å². The summed E-state index contributed by atoms with van der Waals surface area (Å²) in [5.41, 5.74) is -1.62. The third-order valence-electron chi connectivity index (χ3n) is 6.52. The number of carbonyl (C=O) groups excluding carboxylic acids is 2. The number of methoxy groups -OCH3 is 1. The van der Waals surface area contributed by atoms with Gasteiger partial charge in [0.25, 0.3) is 0 Å². The van der Waals surface area contributed by atoms with Crippen LogP contribution in [0, 0.1) is 5.41 Å². The summed E-state index contributed by atoms with van der Waals surface area (Å²) in [6.07, 6.45) is 1.65. The molecule has 0 aromatic heterocycles. The maximum Gasteiger partial charge on any atom is 0.411 e. The summed E-state index contributed by atoms with van der Waals surface area (Å²) in [6, 6.07) is -0.951. The van der Waals surface area contributed by atoms with E-state index in [9.17, 15) is 14.7 Å². The second-order valence-corrected chi connectivity index (χ2v) is 15.8. The molecule has 31 heavy (non-hydrogen) atoms. The molecule has 1 rings (SSSR count). The minimum Gasteiger partial charge on any atom is -0.467 e. The monoisotopic (exact) mass is 457 g/mol. The lowest BCUT2D eigenvalue weighted by Crippen LogP contribution is -2.51. The van der Waals surface area contributed by atoms with E-state index in [4.69, 9.17) is 13.9 Å². The number of esters is 1. The smallest absolute Gasteiger partial charge is 0.411 e. The SMILES string of the molecule is C=CC[C@]1(CCCO[Si](C)(C)C(C)(C)C)[C@H](O)CN(C(=O)OC(C)(C)C)[C@@H]1C(=O)OC. The highest BCUT2D eigenvalue weighted by atomic mass is 28.4. The number of nitrogens with zero attached hydrogens (tertiary/aromatic N) is 1. The van der Waals surface area contributed by atoms with E-state index in [1.807, 2.05) is 0 Å². The zero-order valence-electron chi connectivity index (χ0n) is 20.9. The molecule has 8 heteroatoms. The maximum absolute atomic E-state index is 12.8. The van der Waals surface area contributed by atoms with Crippen LogP contribution >= 0.6 is 0 Å². The summed E-state index contributed by atoms with van der Waals surface area (Å²) in [5, 5.41) is 11.2. The average Bonchev–Trinajstić information content (AvgIpc) is 2.89. The highest BCUT2D eigenvalue weighted by Gasteiger charge is 2.58. The molecule has 1 saturated heterocycles. The minimum absolute atomic E-state index is 0.00557. The molecule has 0 radical (unpaired) electrons. The van der Waals surface area contributed by atoms with Crippen molar-refractivity contribution in [2.24, 2.45) is 5.41 Å². The van der Waals surface area contributed by atoms with Crippen LogP contribution in [0.1, 0.15) is 60.8 Å². The Balaban J connectivity index is 3.12. The molecule has 1 N–H and O–H groups in total. The zero-order valence-corrected chi connectivity index (χ0v) is 21.9. The first-order valence-electron chi connectivity index (χ1n) is 11.0. The lowest BCUT2D eigenvalue weighted by molar-refractivity contribution is -0.150. The standard InChI is InChI=1S/C23H43NO6Si/c1-11-13-23(14-12-15-29-31(9,10)22(5,6)7)17(25)16-24(18(23)19(26)28-8)20(27)30-21(2,3)4/h11,17-18,25H,1,12-16H2,2-10H3/t17-,18-,23+/m1/s1. The van der Waals surface area contributed by atoms with Gasteiger partial charge in [-0.3, -0.25) is 4.90 Å². The highest BCUT2D eigenvalue weighted by molar-refractivity contribution is 6.74. The van der Waals surface area contributed by atoms with E-state index in [0.717, 1.165) is 0 Å². The van der Waals surface area contributed by atoms with Crippen LogP contribution in [0.5, 0.6) is 0 Å². The summed E-state index contributed by atoms with van der Waals surface area (Å²) in [5.74, 6) is -0.561. The van der Waals surface area contributed by atoms with Crippen LogP contribution in [-0.2, 0) is 18.7 Å². The Morgan fingerprint density at radius 2 is 1.81 bits per heavy atom. The first kappa shape index (κ1) is 27.7. The number of ether oxygens (including phenoxy) is 2. The Morgan fingerprint density at radius 3 is 2.26 bits per heavy atom. The lowest BCUT2D eigenvalue weighted by Gasteiger charge is -2.39. The Hall–Kier alpha value is -1.38. The summed E-state index contributed by atoms with van der Waals surface area (Å²) in [6.45, 7) is 20.6. The molecule has 1 fully saturated rings. The molecule has 1 amide bonds.